The lowest BCUT2D eigenvalue weighted by Crippen LogP contribution is -2.25. The van der Waals surface area contributed by atoms with Crippen molar-refractivity contribution in [3.8, 4) is 5.75 Å². The molecule has 1 fully saturated rings. The molecule has 0 aliphatic carbocycles. The van der Waals surface area contributed by atoms with E-state index in [0.717, 1.165) is 55.6 Å². The smallest absolute Gasteiger partial charge is 0.137 e. The van der Waals surface area contributed by atoms with E-state index in [2.05, 4.69) is 28.0 Å². The van der Waals surface area contributed by atoms with Crippen molar-refractivity contribution in [2.24, 2.45) is 0 Å². The topological polar surface area (TPSA) is 50.4 Å². The maximum atomic E-state index is 5.92. The fourth-order valence-electron chi connectivity index (χ4n) is 3.80. The number of aromatic amines is 1. The molecule has 0 bridgehead atoms. The van der Waals surface area contributed by atoms with Crippen molar-refractivity contribution in [1.29, 1.82) is 0 Å². The SMILES string of the molecule is CN(CCOc1ccc(Cl)cc1)Cc1c(C2CCOCC2)[nH]c2ncccc12. The summed E-state index contributed by atoms with van der Waals surface area (Å²) in [5, 5.41) is 1.94. The van der Waals surface area contributed by atoms with E-state index >= 15 is 0 Å². The number of hydrogen-bond donors (Lipinski definition) is 1. The Balaban J connectivity index is 1.44. The van der Waals surface area contributed by atoms with Crippen LogP contribution >= 0.6 is 11.6 Å². The standard InChI is InChI=1S/C22H26ClN3O2/c1-26(11-14-28-18-6-4-17(23)5-7-18)15-20-19-3-2-10-24-22(19)25-21(20)16-8-12-27-13-9-16/h2-7,10,16H,8-9,11-15H2,1H3,(H,24,25). The Labute approximate surface area is 170 Å². The summed E-state index contributed by atoms with van der Waals surface area (Å²) in [7, 11) is 2.13. The van der Waals surface area contributed by atoms with Gasteiger partial charge in [0.05, 0.1) is 0 Å². The van der Waals surface area contributed by atoms with Gasteiger partial charge in [0.1, 0.15) is 18.0 Å². The minimum absolute atomic E-state index is 0.511. The molecule has 0 radical (unpaired) electrons. The maximum Gasteiger partial charge on any atom is 0.137 e. The van der Waals surface area contributed by atoms with Crippen LogP contribution in [-0.4, -0.2) is 48.3 Å². The summed E-state index contributed by atoms with van der Waals surface area (Å²) < 4.78 is 11.4. The highest BCUT2D eigenvalue weighted by molar-refractivity contribution is 6.30. The highest BCUT2D eigenvalue weighted by Gasteiger charge is 2.23. The Hall–Kier alpha value is -2.08. The quantitative estimate of drug-likeness (QED) is 0.629. The maximum absolute atomic E-state index is 5.92. The minimum atomic E-state index is 0.511. The molecule has 1 aromatic carbocycles. The lowest BCUT2D eigenvalue weighted by atomic mass is 9.93. The molecule has 3 heterocycles. The van der Waals surface area contributed by atoms with Crippen LogP contribution in [0.25, 0.3) is 11.0 Å². The van der Waals surface area contributed by atoms with Crippen LogP contribution in [0.2, 0.25) is 5.02 Å². The average molecular weight is 400 g/mol. The van der Waals surface area contributed by atoms with Crippen LogP contribution in [0.4, 0.5) is 0 Å². The molecule has 148 valence electrons. The van der Waals surface area contributed by atoms with Crippen LogP contribution < -0.4 is 4.74 Å². The first-order chi connectivity index (χ1) is 13.7. The van der Waals surface area contributed by atoms with E-state index in [1.807, 2.05) is 36.5 Å². The van der Waals surface area contributed by atoms with Crippen molar-refractivity contribution in [3.05, 3.63) is 58.9 Å². The summed E-state index contributed by atoms with van der Waals surface area (Å²) in [5.41, 5.74) is 3.65. The average Bonchev–Trinajstić information content (AvgIpc) is 3.09. The van der Waals surface area contributed by atoms with Gasteiger partial charge in [-0.25, -0.2) is 4.98 Å². The molecule has 6 heteroatoms. The van der Waals surface area contributed by atoms with Gasteiger partial charge in [-0.3, -0.25) is 4.90 Å². The van der Waals surface area contributed by atoms with Gasteiger partial charge in [0.25, 0.3) is 0 Å². The van der Waals surface area contributed by atoms with E-state index in [-0.39, 0.29) is 0 Å². The van der Waals surface area contributed by atoms with Crippen LogP contribution in [0.15, 0.2) is 42.6 Å². The number of aromatic nitrogens is 2. The molecule has 2 aromatic heterocycles. The number of rotatable bonds is 7. The normalized spacial score (nSPS) is 15.4. The van der Waals surface area contributed by atoms with E-state index in [1.165, 1.54) is 16.6 Å². The summed E-state index contributed by atoms with van der Waals surface area (Å²) >= 11 is 5.92. The van der Waals surface area contributed by atoms with Crippen molar-refractivity contribution in [2.45, 2.75) is 25.3 Å². The second-order valence-electron chi connectivity index (χ2n) is 7.34. The molecule has 0 spiro atoms. The van der Waals surface area contributed by atoms with E-state index in [1.54, 1.807) is 0 Å². The third kappa shape index (κ3) is 4.49. The molecular formula is C22H26ClN3O2. The van der Waals surface area contributed by atoms with Crippen LogP contribution in [0, 0.1) is 0 Å². The first-order valence-corrected chi connectivity index (χ1v) is 10.2. The number of nitrogens with one attached hydrogen (secondary N) is 1. The van der Waals surface area contributed by atoms with E-state index in [9.17, 15) is 0 Å². The summed E-state index contributed by atoms with van der Waals surface area (Å²) in [6.45, 7) is 3.99. The second-order valence-corrected chi connectivity index (χ2v) is 7.78. The van der Waals surface area contributed by atoms with Gasteiger partial charge in [-0.2, -0.15) is 0 Å². The lowest BCUT2D eigenvalue weighted by molar-refractivity contribution is 0.0843. The number of halogens is 1. The predicted molar refractivity (Wildman–Crippen MR) is 112 cm³/mol. The molecule has 5 nitrogen and oxygen atoms in total. The van der Waals surface area contributed by atoms with Crippen LogP contribution in [-0.2, 0) is 11.3 Å². The monoisotopic (exact) mass is 399 g/mol. The minimum Gasteiger partial charge on any atom is -0.492 e. The molecule has 3 aromatic rings. The summed E-state index contributed by atoms with van der Waals surface area (Å²) in [6, 6.07) is 11.7. The molecule has 0 atom stereocenters. The number of ether oxygens (including phenoxy) is 2. The zero-order valence-corrected chi connectivity index (χ0v) is 16.9. The van der Waals surface area contributed by atoms with E-state index in [0.29, 0.717) is 12.5 Å². The largest absolute Gasteiger partial charge is 0.492 e. The second kappa shape index (κ2) is 8.95. The zero-order chi connectivity index (χ0) is 19.3. The Bertz CT molecular complexity index is 904. The molecule has 0 saturated carbocycles. The molecule has 1 saturated heterocycles. The van der Waals surface area contributed by atoms with Crippen LogP contribution in [0.3, 0.4) is 0 Å². The zero-order valence-electron chi connectivity index (χ0n) is 16.2. The number of likely N-dealkylation sites (N-methyl/N-ethyl adjacent to an activating group) is 1. The van der Waals surface area contributed by atoms with Gasteiger partial charge in [-0.05, 0) is 61.9 Å². The van der Waals surface area contributed by atoms with Gasteiger partial charge < -0.3 is 14.5 Å². The first-order valence-electron chi connectivity index (χ1n) is 9.81. The third-order valence-electron chi connectivity index (χ3n) is 5.32. The van der Waals surface area contributed by atoms with Crippen molar-refractivity contribution in [3.63, 3.8) is 0 Å². The van der Waals surface area contributed by atoms with Crippen LogP contribution in [0.5, 0.6) is 5.75 Å². The van der Waals surface area contributed by atoms with Gasteiger partial charge >= 0.3 is 0 Å². The molecule has 0 amide bonds. The van der Waals surface area contributed by atoms with Gasteiger partial charge in [0.2, 0.25) is 0 Å². The first kappa shape index (κ1) is 19.2. The predicted octanol–water partition coefficient (Wildman–Crippen LogP) is 4.62. The molecule has 1 N–H and O–H groups in total. The number of benzene rings is 1. The fourth-order valence-corrected chi connectivity index (χ4v) is 3.93. The molecule has 28 heavy (non-hydrogen) atoms. The molecule has 1 aliphatic heterocycles. The van der Waals surface area contributed by atoms with Gasteiger partial charge in [-0.15, -0.1) is 0 Å². The Morgan fingerprint density at radius 1 is 1.21 bits per heavy atom. The van der Waals surface area contributed by atoms with Crippen LogP contribution in [0.1, 0.15) is 30.0 Å². The number of nitrogens with zero attached hydrogens (tertiary/aromatic N) is 2. The van der Waals surface area contributed by atoms with E-state index in [4.69, 9.17) is 21.1 Å². The summed E-state index contributed by atoms with van der Waals surface area (Å²) in [6.07, 6.45) is 3.96. The number of fused-ring (bicyclic) bond motifs is 1. The lowest BCUT2D eigenvalue weighted by Gasteiger charge is -2.24. The van der Waals surface area contributed by atoms with Gasteiger partial charge in [0.15, 0.2) is 0 Å². The number of H-pyrrole nitrogens is 1. The number of pyridine rings is 1. The van der Waals surface area contributed by atoms with Crippen molar-refractivity contribution in [1.82, 2.24) is 14.9 Å². The van der Waals surface area contributed by atoms with Crippen molar-refractivity contribution in [2.75, 3.05) is 33.4 Å². The molecule has 4 rings (SSSR count). The van der Waals surface area contributed by atoms with Gasteiger partial charge in [0, 0.05) is 54.5 Å². The van der Waals surface area contributed by atoms with E-state index < -0.39 is 0 Å². The number of hydrogen-bond acceptors (Lipinski definition) is 4. The summed E-state index contributed by atoms with van der Waals surface area (Å²) in [4.78, 5) is 10.4. The highest BCUT2D eigenvalue weighted by Crippen LogP contribution is 2.33. The highest BCUT2D eigenvalue weighted by atomic mass is 35.5. The van der Waals surface area contributed by atoms with Gasteiger partial charge in [-0.1, -0.05) is 11.6 Å². The molecular weight excluding hydrogens is 374 g/mol. The Morgan fingerprint density at radius 3 is 2.79 bits per heavy atom. The summed E-state index contributed by atoms with van der Waals surface area (Å²) in [5.74, 6) is 1.36. The molecule has 0 unspecified atom stereocenters. The van der Waals surface area contributed by atoms with Crippen molar-refractivity contribution < 1.29 is 9.47 Å². The molecule has 1 aliphatic rings. The fraction of sp³-hybridized carbons (Fsp3) is 0.409. The Kier molecular flexibility index (Phi) is 6.15. The Morgan fingerprint density at radius 2 is 2.00 bits per heavy atom. The van der Waals surface area contributed by atoms with Crippen molar-refractivity contribution >= 4 is 22.6 Å². The third-order valence-corrected chi connectivity index (χ3v) is 5.58.